The Kier molecular flexibility index (Phi) is 3.03. The van der Waals surface area contributed by atoms with Crippen LogP contribution in [0, 0.1) is 0 Å². The number of carbonyl (C=O) groups excluding carboxylic acids is 2. The lowest BCUT2D eigenvalue weighted by Gasteiger charge is -2.37. The Bertz CT molecular complexity index is 516. The Morgan fingerprint density at radius 3 is 2.63 bits per heavy atom. The topological polar surface area (TPSA) is 74.8 Å². The summed E-state index contributed by atoms with van der Waals surface area (Å²) in [7, 11) is -3.07. The van der Waals surface area contributed by atoms with Gasteiger partial charge < -0.3 is 9.80 Å². The summed E-state index contributed by atoms with van der Waals surface area (Å²) in [4.78, 5) is 27.3. The minimum Gasteiger partial charge on any atom is -0.330 e. The van der Waals surface area contributed by atoms with Gasteiger partial charge in [0.1, 0.15) is 6.04 Å². The van der Waals surface area contributed by atoms with Gasteiger partial charge in [-0.05, 0) is 25.7 Å². The van der Waals surface area contributed by atoms with Crippen LogP contribution < -0.4 is 0 Å². The molecule has 3 aliphatic rings. The highest BCUT2D eigenvalue weighted by atomic mass is 32.2. The molecule has 3 rings (SSSR count). The number of sulfone groups is 1. The van der Waals surface area contributed by atoms with Crippen LogP contribution in [-0.4, -0.2) is 66.7 Å². The van der Waals surface area contributed by atoms with Gasteiger partial charge in [-0.2, -0.15) is 0 Å². The molecule has 19 heavy (non-hydrogen) atoms. The van der Waals surface area contributed by atoms with Crippen molar-refractivity contribution in [3.05, 3.63) is 0 Å². The normalized spacial score (nSPS) is 33.9. The van der Waals surface area contributed by atoms with Gasteiger partial charge in [0.15, 0.2) is 9.84 Å². The number of rotatable bonds is 2. The van der Waals surface area contributed by atoms with E-state index >= 15 is 0 Å². The fraction of sp³-hybridized carbons (Fsp3) is 0.833. The predicted octanol–water partition coefficient (Wildman–Crippen LogP) is -0.603. The molecule has 0 bridgehead atoms. The first kappa shape index (κ1) is 12.9. The van der Waals surface area contributed by atoms with Crippen LogP contribution in [-0.2, 0) is 19.4 Å². The number of carbonyl (C=O) groups is 2. The Labute approximate surface area is 112 Å². The van der Waals surface area contributed by atoms with E-state index in [9.17, 15) is 18.0 Å². The third kappa shape index (κ3) is 2.13. The fourth-order valence-corrected chi connectivity index (χ4v) is 5.16. The molecule has 6 nitrogen and oxygen atoms in total. The molecule has 0 N–H and O–H groups in total. The molecule has 3 fully saturated rings. The van der Waals surface area contributed by atoms with Crippen LogP contribution in [0.4, 0.5) is 0 Å². The minimum atomic E-state index is -3.07. The third-order valence-corrected chi connectivity index (χ3v) is 6.64. The second-order valence-corrected chi connectivity index (χ2v) is 8.00. The molecule has 0 aromatic heterocycles. The van der Waals surface area contributed by atoms with Crippen LogP contribution >= 0.6 is 0 Å². The van der Waals surface area contributed by atoms with Crippen molar-refractivity contribution in [3.8, 4) is 0 Å². The molecule has 2 atom stereocenters. The number of amides is 2. The predicted molar refractivity (Wildman–Crippen MR) is 68.1 cm³/mol. The zero-order valence-corrected chi connectivity index (χ0v) is 11.6. The maximum absolute atomic E-state index is 12.3. The number of hydrogen-bond acceptors (Lipinski definition) is 4. The number of fused-ring (bicyclic) bond motifs is 1. The standard InChI is InChI=1S/C12H18N2O4S/c15-11-8-13(7-9-3-2-6-19(9,17)18)12(16)10-4-1-5-14(10)11/h9-10H,1-8H2. The minimum absolute atomic E-state index is 0.0430. The van der Waals surface area contributed by atoms with Crippen molar-refractivity contribution < 1.29 is 18.0 Å². The highest BCUT2D eigenvalue weighted by Gasteiger charge is 2.44. The van der Waals surface area contributed by atoms with E-state index in [1.807, 2.05) is 0 Å². The Morgan fingerprint density at radius 2 is 1.95 bits per heavy atom. The fourth-order valence-electron chi connectivity index (χ4n) is 3.33. The lowest BCUT2D eigenvalue weighted by Crippen LogP contribution is -2.58. The number of hydrogen-bond donors (Lipinski definition) is 0. The van der Waals surface area contributed by atoms with Gasteiger partial charge in [0, 0.05) is 13.1 Å². The summed E-state index contributed by atoms with van der Waals surface area (Å²) in [6.45, 7) is 0.892. The smallest absolute Gasteiger partial charge is 0.245 e. The van der Waals surface area contributed by atoms with Gasteiger partial charge in [-0.1, -0.05) is 0 Å². The van der Waals surface area contributed by atoms with Crippen LogP contribution in [0.5, 0.6) is 0 Å². The van der Waals surface area contributed by atoms with Crippen LogP contribution in [0.2, 0.25) is 0 Å². The summed E-state index contributed by atoms with van der Waals surface area (Å²) in [5, 5.41) is -0.475. The highest BCUT2D eigenvalue weighted by molar-refractivity contribution is 7.92. The van der Waals surface area contributed by atoms with E-state index < -0.39 is 15.1 Å². The Morgan fingerprint density at radius 1 is 1.16 bits per heavy atom. The summed E-state index contributed by atoms with van der Waals surface area (Å²) in [5.41, 5.74) is 0. The molecule has 3 saturated heterocycles. The quantitative estimate of drug-likeness (QED) is 0.679. The van der Waals surface area contributed by atoms with Gasteiger partial charge in [-0.15, -0.1) is 0 Å². The van der Waals surface area contributed by atoms with Crippen LogP contribution in [0.15, 0.2) is 0 Å². The molecule has 2 unspecified atom stereocenters. The van der Waals surface area contributed by atoms with Crippen molar-refractivity contribution in [2.75, 3.05) is 25.4 Å². The van der Waals surface area contributed by atoms with Crippen molar-refractivity contribution in [2.24, 2.45) is 0 Å². The lowest BCUT2D eigenvalue weighted by molar-refractivity contribution is -0.153. The maximum Gasteiger partial charge on any atom is 0.245 e. The van der Waals surface area contributed by atoms with Crippen LogP contribution in [0.3, 0.4) is 0 Å². The van der Waals surface area contributed by atoms with Gasteiger partial charge in [-0.3, -0.25) is 9.59 Å². The Balaban J connectivity index is 1.75. The van der Waals surface area contributed by atoms with Crippen molar-refractivity contribution in [3.63, 3.8) is 0 Å². The highest BCUT2D eigenvalue weighted by Crippen LogP contribution is 2.26. The molecule has 0 aromatic carbocycles. The molecule has 0 aromatic rings. The summed E-state index contributed by atoms with van der Waals surface area (Å²) in [6.07, 6.45) is 2.84. The van der Waals surface area contributed by atoms with E-state index in [0.717, 1.165) is 6.42 Å². The van der Waals surface area contributed by atoms with Crippen LogP contribution in [0.1, 0.15) is 25.7 Å². The molecule has 0 radical (unpaired) electrons. The van der Waals surface area contributed by atoms with E-state index in [1.165, 1.54) is 4.90 Å². The van der Waals surface area contributed by atoms with E-state index in [1.54, 1.807) is 4.90 Å². The van der Waals surface area contributed by atoms with Crippen molar-refractivity contribution >= 4 is 21.7 Å². The summed E-state index contributed by atoms with van der Waals surface area (Å²) < 4.78 is 23.6. The Hall–Kier alpha value is -1.11. The van der Waals surface area contributed by atoms with E-state index in [-0.39, 0.29) is 36.7 Å². The maximum atomic E-state index is 12.3. The third-order valence-electron chi connectivity index (χ3n) is 4.38. The molecule has 2 amide bonds. The molecule has 0 spiro atoms. The van der Waals surface area contributed by atoms with Gasteiger partial charge in [0.25, 0.3) is 0 Å². The van der Waals surface area contributed by atoms with Gasteiger partial charge in [0.05, 0.1) is 17.5 Å². The second kappa shape index (κ2) is 4.47. The number of piperazine rings is 1. The van der Waals surface area contributed by atoms with Crippen molar-refractivity contribution in [2.45, 2.75) is 37.0 Å². The van der Waals surface area contributed by atoms with E-state index in [4.69, 9.17) is 0 Å². The van der Waals surface area contributed by atoms with Gasteiger partial charge in [-0.25, -0.2) is 8.42 Å². The number of nitrogens with zero attached hydrogens (tertiary/aromatic N) is 2. The summed E-state index contributed by atoms with van der Waals surface area (Å²) >= 11 is 0. The van der Waals surface area contributed by atoms with E-state index in [2.05, 4.69) is 0 Å². The second-order valence-electron chi connectivity index (χ2n) is 5.60. The summed E-state index contributed by atoms with van der Waals surface area (Å²) in [5.74, 6) is 0.0973. The average Bonchev–Trinajstić information content (AvgIpc) is 2.94. The van der Waals surface area contributed by atoms with Gasteiger partial charge >= 0.3 is 0 Å². The first-order chi connectivity index (χ1) is 8.99. The van der Waals surface area contributed by atoms with Crippen LogP contribution in [0.25, 0.3) is 0 Å². The molecular weight excluding hydrogens is 268 g/mol. The monoisotopic (exact) mass is 286 g/mol. The average molecular weight is 286 g/mol. The summed E-state index contributed by atoms with van der Waals surface area (Å²) in [6, 6.07) is -0.342. The first-order valence-corrected chi connectivity index (χ1v) is 8.50. The molecule has 106 valence electrons. The molecular formula is C12H18N2O4S. The van der Waals surface area contributed by atoms with E-state index in [0.29, 0.717) is 25.8 Å². The molecule has 3 aliphatic heterocycles. The zero-order valence-electron chi connectivity index (χ0n) is 10.7. The zero-order chi connectivity index (χ0) is 13.6. The lowest BCUT2D eigenvalue weighted by atomic mass is 10.1. The molecule has 7 heteroatoms. The van der Waals surface area contributed by atoms with Crippen molar-refractivity contribution in [1.82, 2.24) is 9.80 Å². The SMILES string of the molecule is O=C1C2CCCN2C(=O)CN1CC1CCCS1(=O)=O. The molecule has 3 heterocycles. The molecule has 0 aliphatic carbocycles. The van der Waals surface area contributed by atoms with Gasteiger partial charge in [0.2, 0.25) is 11.8 Å². The molecule has 0 saturated carbocycles. The largest absolute Gasteiger partial charge is 0.330 e. The van der Waals surface area contributed by atoms with Crippen molar-refractivity contribution in [1.29, 1.82) is 0 Å². The first-order valence-electron chi connectivity index (χ1n) is 6.79.